The molecule has 2 aliphatic carbocycles. The second-order valence-electron chi connectivity index (χ2n) is 10.7. The monoisotopic (exact) mass is 515 g/mol. The van der Waals surface area contributed by atoms with E-state index in [0.29, 0.717) is 34.9 Å². The third-order valence-electron chi connectivity index (χ3n) is 7.84. The number of rotatable bonds is 6. The summed E-state index contributed by atoms with van der Waals surface area (Å²) >= 11 is 0. The number of carbonyl (C=O) groups excluding carboxylic acids is 1. The summed E-state index contributed by atoms with van der Waals surface area (Å²) in [5.41, 5.74) is 10.3. The summed E-state index contributed by atoms with van der Waals surface area (Å²) in [5, 5.41) is 0.903. The van der Waals surface area contributed by atoms with E-state index in [-0.39, 0.29) is 30.1 Å². The Balaban J connectivity index is 1.41. The molecular formula is C29H27F2N5O2. The van der Waals surface area contributed by atoms with Gasteiger partial charge in [0.1, 0.15) is 23.3 Å². The lowest BCUT2D eigenvalue weighted by atomic mass is 9.96. The third-order valence-corrected chi connectivity index (χ3v) is 7.84. The van der Waals surface area contributed by atoms with E-state index in [1.165, 1.54) is 17.0 Å². The Morgan fingerprint density at radius 3 is 2.53 bits per heavy atom. The highest BCUT2D eigenvalue weighted by Crippen LogP contribution is 2.44. The van der Waals surface area contributed by atoms with Gasteiger partial charge in [0, 0.05) is 35.4 Å². The number of benzene rings is 1. The molecule has 194 valence electrons. The van der Waals surface area contributed by atoms with Gasteiger partial charge in [-0.25, -0.2) is 13.8 Å². The van der Waals surface area contributed by atoms with Crippen molar-refractivity contribution < 1.29 is 13.6 Å². The molecule has 1 amide bonds. The Morgan fingerprint density at radius 2 is 1.84 bits per heavy atom. The van der Waals surface area contributed by atoms with Crippen molar-refractivity contribution in [2.45, 2.75) is 50.2 Å². The zero-order chi connectivity index (χ0) is 26.1. The summed E-state index contributed by atoms with van der Waals surface area (Å²) < 4.78 is 29.4. The third kappa shape index (κ3) is 3.93. The number of H-pyrrole nitrogens is 1. The molecule has 4 heterocycles. The zero-order valence-corrected chi connectivity index (χ0v) is 20.7. The van der Waals surface area contributed by atoms with Crippen molar-refractivity contribution in [1.82, 2.24) is 19.4 Å². The summed E-state index contributed by atoms with van der Waals surface area (Å²) in [5.74, 6) is 0.165. The number of amides is 1. The fourth-order valence-electron chi connectivity index (χ4n) is 5.40. The normalized spacial score (nSPS) is 17.7. The molecule has 38 heavy (non-hydrogen) atoms. The van der Waals surface area contributed by atoms with Gasteiger partial charge in [0.05, 0.1) is 18.7 Å². The molecule has 0 unspecified atom stereocenters. The largest absolute Gasteiger partial charge is 0.353 e. The quantitative estimate of drug-likeness (QED) is 0.394. The molecule has 1 saturated heterocycles. The minimum Gasteiger partial charge on any atom is -0.353 e. The van der Waals surface area contributed by atoms with Gasteiger partial charge in [-0.05, 0) is 78.6 Å². The number of halogens is 2. The molecular weight excluding hydrogens is 488 g/mol. The van der Waals surface area contributed by atoms with Crippen LogP contribution in [0.4, 0.5) is 8.78 Å². The molecule has 9 heteroatoms. The maximum absolute atomic E-state index is 14.3. The van der Waals surface area contributed by atoms with Gasteiger partial charge in [0.2, 0.25) is 0 Å². The van der Waals surface area contributed by atoms with Crippen molar-refractivity contribution in [3.8, 4) is 16.9 Å². The second kappa shape index (κ2) is 8.59. The van der Waals surface area contributed by atoms with Crippen LogP contribution in [0, 0.1) is 5.82 Å². The number of nitrogens with two attached hydrogens (primary N) is 1. The number of aromatic amines is 1. The number of carbonyl (C=O) groups is 1. The summed E-state index contributed by atoms with van der Waals surface area (Å²) in [6.07, 6.45) is 4.95. The maximum Gasteiger partial charge on any atom is 0.280 e. The van der Waals surface area contributed by atoms with E-state index in [1.807, 2.05) is 18.3 Å². The zero-order valence-electron chi connectivity index (χ0n) is 20.7. The number of nitrogens with one attached hydrogen (secondary N) is 1. The number of aromatic nitrogens is 3. The summed E-state index contributed by atoms with van der Waals surface area (Å²) in [6, 6.07) is 9.75. The summed E-state index contributed by atoms with van der Waals surface area (Å²) in [6.45, 7) is 0.313. The van der Waals surface area contributed by atoms with E-state index < -0.39 is 17.9 Å². The van der Waals surface area contributed by atoms with Crippen molar-refractivity contribution in [3.05, 3.63) is 81.3 Å². The van der Waals surface area contributed by atoms with Crippen molar-refractivity contribution >= 4 is 16.8 Å². The first kappa shape index (κ1) is 23.3. The van der Waals surface area contributed by atoms with E-state index in [1.54, 1.807) is 16.7 Å². The molecule has 1 aliphatic heterocycles. The van der Waals surface area contributed by atoms with Gasteiger partial charge in [-0.1, -0.05) is 6.07 Å². The Hall–Kier alpha value is -3.85. The van der Waals surface area contributed by atoms with Gasteiger partial charge >= 0.3 is 0 Å². The second-order valence-corrected chi connectivity index (χ2v) is 10.7. The Labute approximate surface area is 217 Å². The number of pyridine rings is 2. The van der Waals surface area contributed by atoms with Gasteiger partial charge in [-0.3, -0.25) is 14.2 Å². The summed E-state index contributed by atoms with van der Waals surface area (Å²) in [7, 11) is 0. The van der Waals surface area contributed by atoms with Crippen LogP contribution in [0.3, 0.4) is 0 Å². The van der Waals surface area contributed by atoms with Crippen LogP contribution in [-0.2, 0) is 6.54 Å². The van der Waals surface area contributed by atoms with Crippen LogP contribution in [0.2, 0.25) is 0 Å². The fraction of sp³-hybridized carbons (Fsp3) is 0.345. The number of hydrogen-bond donors (Lipinski definition) is 2. The molecule has 3 aliphatic rings. The average molecular weight is 516 g/mol. The van der Waals surface area contributed by atoms with E-state index in [9.17, 15) is 18.4 Å². The van der Waals surface area contributed by atoms with Crippen LogP contribution in [-0.4, -0.2) is 44.6 Å². The lowest BCUT2D eigenvalue weighted by Crippen LogP contribution is -2.51. The predicted octanol–water partition coefficient (Wildman–Crippen LogP) is 4.53. The number of likely N-dealkylation sites (tertiary alicyclic amines) is 1. The fourth-order valence-corrected chi connectivity index (χ4v) is 5.40. The number of hydrogen-bond acceptors (Lipinski definition) is 4. The van der Waals surface area contributed by atoms with Crippen LogP contribution >= 0.6 is 0 Å². The van der Waals surface area contributed by atoms with E-state index in [4.69, 9.17) is 10.7 Å². The molecule has 4 aromatic rings. The molecule has 3 aromatic heterocycles. The van der Waals surface area contributed by atoms with Gasteiger partial charge in [0.15, 0.2) is 0 Å². The van der Waals surface area contributed by atoms with Crippen LogP contribution in [0.1, 0.15) is 64.8 Å². The average Bonchev–Trinajstić information content (AvgIpc) is 3.83. The van der Waals surface area contributed by atoms with Crippen molar-refractivity contribution in [3.63, 3.8) is 0 Å². The van der Waals surface area contributed by atoms with Crippen LogP contribution in [0.5, 0.6) is 0 Å². The Kier molecular flexibility index (Phi) is 5.26. The molecule has 7 rings (SSSR count). The van der Waals surface area contributed by atoms with Crippen LogP contribution < -0.4 is 11.3 Å². The number of fused-ring (bicyclic) bond motifs is 1. The van der Waals surface area contributed by atoms with Crippen LogP contribution in [0.15, 0.2) is 47.4 Å². The van der Waals surface area contributed by atoms with Gasteiger partial charge in [0.25, 0.3) is 11.5 Å². The summed E-state index contributed by atoms with van der Waals surface area (Å²) in [4.78, 5) is 36.3. The maximum atomic E-state index is 14.3. The lowest BCUT2D eigenvalue weighted by molar-refractivity contribution is 0.0400. The first-order valence-electron chi connectivity index (χ1n) is 13.1. The standard InChI is InChI=1S/C29H27F2N5O2/c30-18-5-6-21(23(9-18)28(37)35-12-19(31)13-35)17-7-25(16-3-4-16)34-26(8-17)36-14-24(15-1-2-15)22-10-20(11-32)33-27(22)29(36)38/h5-10,14-16,19,33H,1-4,11-13,32H2. The number of nitrogens with zero attached hydrogens (tertiary/aromatic N) is 3. The molecule has 2 saturated carbocycles. The molecule has 0 bridgehead atoms. The molecule has 0 atom stereocenters. The highest BCUT2D eigenvalue weighted by atomic mass is 19.1. The minimum absolute atomic E-state index is 0.00396. The lowest BCUT2D eigenvalue weighted by Gasteiger charge is -2.34. The number of alkyl halides is 1. The first-order chi connectivity index (χ1) is 18.4. The van der Waals surface area contributed by atoms with Crippen molar-refractivity contribution in [2.24, 2.45) is 5.73 Å². The molecule has 1 aromatic carbocycles. The van der Waals surface area contributed by atoms with Crippen LogP contribution in [0.25, 0.3) is 27.8 Å². The Morgan fingerprint density at radius 1 is 1.08 bits per heavy atom. The van der Waals surface area contributed by atoms with Gasteiger partial charge < -0.3 is 15.6 Å². The first-order valence-corrected chi connectivity index (χ1v) is 13.1. The molecule has 3 N–H and O–H groups in total. The molecule has 0 radical (unpaired) electrons. The smallest absolute Gasteiger partial charge is 0.280 e. The van der Waals surface area contributed by atoms with Crippen molar-refractivity contribution in [2.75, 3.05) is 13.1 Å². The molecule has 7 nitrogen and oxygen atoms in total. The SMILES string of the molecule is NCc1cc2c(C3CC3)cn(-c3cc(-c4ccc(F)cc4C(=O)N4CC(F)C4)cc(C4CC4)n3)c(=O)c2[nH]1. The highest BCUT2D eigenvalue weighted by Gasteiger charge is 2.33. The molecule has 3 fully saturated rings. The Bertz CT molecular complexity index is 1660. The highest BCUT2D eigenvalue weighted by molar-refractivity contribution is 6.01. The minimum atomic E-state index is -1.06. The van der Waals surface area contributed by atoms with Crippen molar-refractivity contribution in [1.29, 1.82) is 0 Å². The van der Waals surface area contributed by atoms with Gasteiger partial charge in [-0.2, -0.15) is 0 Å². The predicted molar refractivity (Wildman–Crippen MR) is 140 cm³/mol. The topological polar surface area (TPSA) is 97.0 Å². The van der Waals surface area contributed by atoms with E-state index >= 15 is 0 Å². The van der Waals surface area contributed by atoms with E-state index in [0.717, 1.165) is 48.0 Å². The van der Waals surface area contributed by atoms with E-state index in [2.05, 4.69) is 4.98 Å². The molecule has 0 spiro atoms. The van der Waals surface area contributed by atoms with Gasteiger partial charge in [-0.15, -0.1) is 0 Å².